The maximum Gasteiger partial charge on any atom is 0.390 e. The number of nitrogens with zero attached hydrogens (tertiary/aromatic N) is 2. The topological polar surface area (TPSA) is 34.9 Å². The van der Waals surface area contributed by atoms with Crippen molar-refractivity contribution >= 4 is 21.6 Å². The fourth-order valence-electron chi connectivity index (χ4n) is 1.47. The molecule has 0 aliphatic carbocycles. The number of rotatable bonds is 2. The summed E-state index contributed by atoms with van der Waals surface area (Å²) in [5.74, 6) is 0. The van der Waals surface area contributed by atoms with Crippen molar-refractivity contribution in [3.8, 4) is 0 Å². The molecule has 2 aromatic rings. The standard InChI is InChI=1S/C10H9F3N2OS/c1-6-4-17-8-7(6)14-5-15(9(8)16)3-2-10(11,12)13/h4-5H,2-3H2,1H3. The van der Waals surface area contributed by atoms with Crippen molar-refractivity contribution in [1.29, 1.82) is 0 Å². The summed E-state index contributed by atoms with van der Waals surface area (Å²) in [5.41, 5.74) is 1.03. The van der Waals surface area contributed by atoms with Crippen LogP contribution in [0.25, 0.3) is 10.2 Å². The maximum absolute atomic E-state index is 12.1. The third-order valence-corrected chi connectivity index (χ3v) is 3.43. The Hall–Kier alpha value is -1.37. The third-order valence-electron chi connectivity index (χ3n) is 2.36. The quantitative estimate of drug-likeness (QED) is 0.834. The predicted octanol–water partition coefficient (Wildman–Crippen LogP) is 2.72. The summed E-state index contributed by atoms with van der Waals surface area (Å²) in [6.07, 6.45) is -4.11. The highest BCUT2D eigenvalue weighted by molar-refractivity contribution is 7.17. The molecule has 0 aliphatic rings. The van der Waals surface area contributed by atoms with Gasteiger partial charge in [-0.1, -0.05) is 0 Å². The van der Waals surface area contributed by atoms with Gasteiger partial charge < -0.3 is 0 Å². The summed E-state index contributed by atoms with van der Waals surface area (Å²) in [4.78, 5) is 15.8. The fourth-order valence-corrected chi connectivity index (χ4v) is 2.42. The number of hydrogen-bond acceptors (Lipinski definition) is 3. The molecule has 17 heavy (non-hydrogen) atoms. The number of aromatic nitrogens is 2. The Kier molecular flexibility index (Phi) is 2.94. The molecule has 0 bridgehead atoms. The lowest BCUT2D eigenvalue weighted by Crippen LogP contribution is -2.23. The van der Waals surface area contributed by atoms with Crippen LogP contribution in [-0.2, 0) is 6.54 Å². The van der Waals surface area contributed by atoms with Crippen molar-refractivity contribution < 1.29 is 13.2 Å². The van der Waals surface area contributed by atoms with Gasteiger partial charge in [0.05, 0.1) is 18.3 Å². The van der Waals surface area contributed by atoms with E-state index in [4.69, 9.17) is 0 Å². The van der Waals surface area contributed by atoms with Crippen molar-refractivity contribution in [1.82, 2.24) is 9.55 Å². The van der Waals surface area contributed by atoms with Gasteiger partial charge in [-0.3, -0.25) is 9.36 Å². The molecule has 2 rings (SSSR count). The maximum atomic E-state index is 12.1. The molecule has 7 heteroatoms. The van der Waals surface area contributed by atoms with Gasteiger partial charge in [-0.05, 0) is 17.9 Å². The largest absolute Gasteiger partial charge is 0.390 e. The predicted molar refractivity (Wildman–Crippen MR) is 59.3 cm³/mol. The molecule has 2 aromatic heterocycles. The van der Waals surface area contributed by atoms with Gasteiger partial charge in [0.2, 0.25) is 0 Å². The molecule has 0 fully saturated rings. The molecule has 0 N–H and O–H groups in total. The first kappa shape index (κ1) is 12.1. The van der Waals surface area contributed by atoms with Gasteiger partial charge in [-0.25, -0.2) is 4.98 Å². The van der Waals surface area contributed by atoms with Crippen molar-refractivity contribution in [2.24, 2.45) is 0 Å². The van der Waals surface area contributed by atoms with Gasteiger partial charge in [0.15, 0.2) is 0 Å². The number of aryl methyl sites for hydroxylation is 2. The molecule has 3 nitrogen and oxygen atoms in total. The molecule has 0 amide bonds. The lowest BCUT2D eigenvalue weighted by molar-refractivity contribution is -0.136. The average Bonchev–Trinajstić information content (AvgIpc) is 2.59. The number of halogens is 3. The first-order valence-corrected chi connectivity index (χ1v) is 5.76. The van der Waals surface area contributed by atoms with E-state index in [9.17, 15) is 18.0 Å². The van der Waals surface area contributed by atoms with E-state index in [2.05, 4.69) is 4.98 Å². The van der Waals surface area contributed by atoms with Gasteiger partial charge in [0, 0.05) is 6.54 Å². The van der Waals surface area contributed by atoms with Gasteiger partial charge in [-0.2, -0.15) is 13.2 Å². The second kappa shape index (κ2) is 4.14. The molecule has 0 spiro atoms. The molecule has 0 saturated carbocycles. The van der Waals surface area contributed by atoms with Crippen molar-refractivity contribution in [2.45, 2.75) is 26.1 Å². The van der Waals surface area contributed by atoms with E-state index >= 15 is 0 Å². The molecule has 0 aliphatic heterocycles. The van der Waals surface area contributed by atoms with E-state index < -0.39 is 18.2 Å². The molecule has 0 aromatic carbocycles. The zero-order valence-corrected chi connectivity index (χ0v) is 9.73. The van der Waals surface area contributed by atoms with E-state index in [-0.39, 0.29) is 6.54 Å². The van der Waals surface area contributed by atoms with Crippen LogP contribution in [0.3, 0.4) is 0 Å². The Balaban J connectivity index is 2.37. The molecule has 0 unspecified atom stereocenters. The van der Waals surface area contributed by atoms with Gasteiger partial charge in [0.25, 0.3) is 5.56 Å². The number of alkyl halides is 3. The second-order valence-corrected chi connectivity index (χ2v) is 4.58. The molecule has 0 saturated heterocycles. The van der Waals surface area contributed by atoms with E-state index in [1.54, 1.807) is 5.38 Å². The zero-order chi connectivity index (χ0) is 12.6. The monoisotopic (exact) mass is 262 g/mol. The smallest absolute Gasteiger partial charge is 0.298 e. The van der Waals surface area contributed by atoms with Crippen LogP contribution in [0.5, 0.6) is 0 Å². The lowest BCUT2D eigenvalue weighted by Gasteiger charge is -2.07. The zero-order valence-electron chi connectivity index (χ0n) is 8.91. The molecule has 0 radical (unpaired) electrons. The Morgan fingerprint density at radius 3 is 2.82 bits per heavy atom. The van der Waals surface area contributed by atoms with E-state index in [0.29, 0.717) is 10.2 Å². The van der Waals surface area contributed by atoms with Gasteiger partial charge in [-0.15, -0.1) is 11.3 Å². The van der Waals surface area contributed by atoms with Crippen molar-refractivity contribution in [3.63, 3.8) is 0 Å². The number of fused-ring (bicyclic) bond motifs is 1. The normalized spacial score (nSPS) is 12.2. The Labute approximate surface area is 98.5 Å². The third kappa shape index (κ3) is 2.49. The average molecular weight is 262 g/mol. The summed E-state index contributed by atoms with van der Waals surface area (Å²) >= 11 is 1.21. The van der Waals surface area contributed by atoms with Crippen LogP contribution >= 0.6 is 11.3 Å². The molecular formula is C10H9F3N2OS. The van der Waals surface area contributed by atoms with Crippen LogP contribution in [0.1, 0.15) is 12.0 Å². The SMILES string of the molecule is Cc1csc2c(=O)n(CCC(F)(F)F)cnc12. The van der Waals surface area contributed by atoms with Crippen LogP contribution in [0.4, 0.5) is 13.2 Å². The summed E-state index contributed by atoms with van der Waals surface area (Å²) < 4.78 is 37.6. The van der Waals surface area contributed by atoms with Crippen molar-refractivity contribution in [3.05, 3.63) is 27.6 Å². The van der Waals surface area contributed by atoms with Gasteiger partial charge >= 0.3 is 6.18 Å². The summed E-state index contributed by atoms with van der Waals surface area (Å²) in [7, 11) is 0. The highest BCUT2D eigenvalue weighted by Gasteiger charge is 2.27. The minimum Gasteiger partial charge on any atom is -0.298 e. The van der Waals surface area contributed by atoms with Crippen LogP contribution in [0.2, 0.25) is 0 Å². The van der Waals surface area contributed by atoms with E-state index in [1.165, 1.54) is 17.7 Å². The molecule has 2 heterocycles. The first-order valence-electron chi connectivity index (χ1n) is 4.88. The Bertz CT molecular complexity index is 600. The number of thiophene rings is 1. The first-order chi connectivity index (χ1) is 7.88. The van der Waals surface area contributed by atoms with Gasteiger partial charge in [0.1, 0.15) is 4.70 Å². The van der Waals surface area contributed by atoms with Crippen LogP contribution < -0.4 is 5.56 Å². The van der Waals surface area contributed by atoms with E-state index in [0.717, 1.165) is 10.1 Å². The fraction of sp³-hybridized carbons (Fsp3) is 0.400. The Morgan fingerprint density at radius 1 is 1.47 bits per heavy atom. The highest BCUT2D eigenvalue weighted by atomic mass is 32.1. The summed E-state index contributed by atoms with van der Waals surface area (Å²) in [6.45, 7) is 1.42. The molecule has 0 atom stereocenters. The lowest BCUT2D eigenvalue weighted by atomic mass is 10.3. The van der Waals surface area contributed by atoms with Crippen LogP contribution in [-0.4, -0.2) is 15.7 Å². The summed E-state index contributed by atoms with van der Waals surface area (Å²) in [6, 6.07) is 0. The Morgan fingerprint density at radius 2 is 2.18 bits per heavy atom. The van der Waals surface area contributed by atoms with Crippen LogP contribution in [0.15, 0.2) is 16.5 Å². The molecule has 92 valence electrons. The minimum absolute atomic E-state index is 0.387. The van der Waals surface area contributed by atoms with Crippen LogP contribution in [0, 0.1) is 6.92 Å². The van der Waals surface area contributed by atoms with E-state index in [1.807, 2.05) is 6.92 Å². The minimum atomic E-state index is -4.26. The molecular weight excluding hydrogens is 253 g/mol. The summed E-state index contributed by atoms with van der Waals surface area (Å²) in [5, 5.41) is 1.77. The number of hydrogen-bond donors (Lipinski definition) is 0. The second-order valence-electron chi connectivity index (χ2n) is 3.70. The highest BCUT2D eigenvalue weighted by Crippen LogP contribution is 2.21. The van der Waals surface area contributed by atoms with Crippen molar-refractivity contribution in [2.75, 3.05) is 0 Å².